The molecular weight excluding hydrogens is 432 g/mol. The molecule has 0 N–H and O–H groups in total. The van der Waals surface area contributed by atoms with Crippen LogP contribution in [0.3, 0.4) is 0 Å². The van der Waals surface area contributed by atoms with Gasteiger partial charge in [0.25, 0.3) is 0 Å². The highest BCUT2D eigenvalue weighted by Gasteiger charge is 2.30. The molecule has 0 bridgehead atoms. The summed E-state index contributed by atoms with van der Waals surface area (Å²) < 4.78 is 16.2. The van der Waals surface area contributed by atoms with Crippen molar-refractivity contribution in [1.82, 2.24) is 29.6 Å². The van der Waals surface area contributed by atoms with Gasteiger partial charge in [0.1, 0.15) is 18.1 Å². The van der Waals surface area contributed by atoms with Crippen molar-refractivity contribution in [2.45, 2.75) is 46.1 Å². The minimum atomic E-state index is -0.342. The Bertz CT molecular complexity index is 1430. The van der Waals surface area contributed by atoms with Gasteiger partial charge in [0.2, 0.25) is 0 Å². The first-order valence-corrected chi connectivity index (χ1v) is 11.3. The molecule has 0 atom stereocenters. The van der Waals surface area contributed by atoms with Gasteiger partial charge in [-0.15, -0.1) is 0 Å². The summed E-state index contributed by atoms with van der Waals surface area (Å²) in [4.78, 5) is 12.4. The van der Waals surface area contributed by atoms with Gasteiger partial charge in [0.05, 0.1) is 29.7 Å². The molecule has 0 unspecified atom stereocenters. The standard InChI is InChI=1S/C25H28N6O3/c1-15-13-19(30-17(3)24(16(2)26-30)18-9-10-18)11-12-22(15)34-14-20-21(7-6-8-23(20)33-5)31-25(32)29(4)27-28-31/h6-8,11-13,18H,9-10,14H2,1-5H3. The molecule has 4 aromatic rings. The Kier molecular flexibility index (Phi) is 5.47. The van der Waals surface area contributed by atoms with E-state index in [2.05, 4.69) is 30.3 Å². The number of hydrogen-bond donors (Lipinski definition) is 0. The molecule has 2 heterocycles. The lowest BCUT2D eigenvalue weighted by Crippen LogP contribution is -2.23. The molecule has 1 fully saturated rings. The van der Waals surface area contributed by atoms with Gasteiger partial charge in [0.15, 0.2) is 0 Å². The summed E-state index contributed by atoms with van der Waals surface area (Å²) in [6.45, 7) is 6.46. The van der Waals surface area contributed by atoms with Crippen LogP contribution < -0.4 is 15.2 Å². The van der Waals surface area contributed by atoms with Crippen LogP contribution in [-0.4, -0.2) is 36.7 Å². The number of methoxy groups -OCH3 is 1. The lowest BCUT2D eigenvalue weighted by Gasteiger charge is -2.16. The van der Waals surface area contributed by atoms with E-state index in [9.17, 15) is 4.79 Å². The first-order chi connectivity index (χ1) is 16.4. The molecule has 1 saturated carbocycles. The maximum Gasteiger partial charge on any atom is 0.368 e. The van der Waals surface area contributed by atoms with Crippen LogP contribution in [0.5, 0.6) is 11.5 Å². The summed E-state index contributed by atoms with van der Waals surface area (Å²) in [6.07, 6.45) is 2.51. The number of hydrogen-bond acceptors (Lipinski definition) is 6. The molecule has 1 aliphatic carbocycles. The lowest BCUT2D eigenvalue weighted by molar-refractivity contribution is 0.294. The van der Waals surface area contributed by atoms with Gasteiger partial charge in [-0.1, -0.05) is 6.07 Å². The Morgan fingerprint density at radius 2 is 1.82 bits per heavy atom. The fraction of sp³-hybridized carbons (Fsp3) is 0.360. The zero-order valence-electron chi connectivity index (χ0n) is 20.1. The number of nitrogens with zero attached hydrogens (tertiary/aromatic N) is 6. The Morgan fingerprint density at radius 3 is 2.47 bits per heavy atom. The average Bonchev–Trinajstić information content (AvgIpc) is 3.54. The predicted molar refractivity (Wildman–Crippen MR) is 127 cm³/mol. The van der Waals surface area contributed by atoms with Gasteiger partial charge >= 0.3 is 5.69 Å². The fourth-order valence-electron chi connectivity index (χ4n) is 4.50. The van der Waals surface area contributed by atoms with E-state index in [-0.39, 0.29) is 12.3 Å². The average molecular weight is 461 g/mol. The van der Waals surface area contributed by atoms with E-state index in [1.54, 1.807) is 20.2 Å². The van der Waals surface area contributed by atoms with Gasteiger partial charge in [-0.25, -0.2) is 9.48 Å². The van der Waals surface area contributed by atoms with Gasteiger partial charge in [0, 0.05) is 12.7 Å². The number of aromatic nitrogens is 6. The van der Waals surface area contributed by atoms with Crippen molar-refractivity contribution in [3.63, 3.8) is 0 Å². The zero-order valence-corrected chi connectivity index (χ0v) is 20.1. The molecule has 0 amide bonds. The number of ether oxygens (including phenoxy) is 2. The molecule has 2 aromatic heterocycles. The monoisotopic (exact) mass is 460 g/mol. The summed E-state index contributed by atoms with van der Waals surface area (Å²) >= 11 is 0. The molecule has 34 heavy (non-hydrogen) atoms. The van der Waals surface area contributed by atoms with Crippen LogP contribution in [0.1, 0.15) is 46.8 Å². The highest BCUT2D eigenvalue weighted by atomic mass is 16.5. The Morgan fingerprint density at radius 1 is 1.03 bits per heavy atom. The van der Waals surface area contributed by atoms with E-state index in [4.69, 9.17) is 14.6 Å². The van der Waals surface area contributed by atoms with Crippen molar-refractivity contribution in [3.8, 4) is 22.9 Å². The summed E-state index contributed by atoms with van der Waals surface area (Å²) in [5, 5.41) is 12.6. The van der Waals surface area contributed by atoms with E-state index in [0.29, 0.717) is 22.9 Å². The largest absolute Gasteiger partial charge is 0.496 e. The van der Waals surface area contributed by atoms with Crippen LogP contribution in [0.4, 0.5) is 0 Å². The molecule has 0 spiro atoms. The number of aryl methyl sites for hydroxylation is 3. The van der Waals surface area contributed by atoms with Crippen LogP contribution in [-0.2, 0) is 13.7 Å². The maximum atomic E-state index is 12.4. The van der Waals surface area contributed by atoms with Crippen LogP contribution >= 0.6 is 0 Å². The molecule has 9 heteroatoms. The zero-order chi connectivity index (χ0) is 24.0. The molecule has 0 aliphatic heterocycles. The normalized spacial score (nSPS) is 13.3. The van der Waals surface area contributed by atoms with Crippen molar-refractivity contribution in [3.05, 3.63) is 75.0 Å². The maximum absolute atomic E-state index is 12.4. The minimum Gasteiger partial charge on any atom is -0.496 e. The highest BCUT2D eigenvalue weighted by molar-refractivity contribution is 5.50. The van der Waals surface area contributed by atoms with Gasteiger partial charge < -0.3 is 9.47 Å². The highest BCUT2D eigenvalue weighted by Crippen LogP contribution is 2.43. The Balaban J connectivity index is 1.43. The second-order valence-electron chi connectivity index (χ2n) is 8.76. The van der Waals surface area contributed by atoms with Gasteiger partial charge in [-0.3, -0.25) is 0 Å². The van der Waals surface area contributed by atoms with E-state index < -0.39 is 0 Å². The topological polar surface area (TPSA) is 89.0 Å². The molecule has 0 saturated heterocycles. The Labute approximate surface area is 197 Å². The van der Waals surface area contributed by atoms with Crippen molar-refractivity contribution in [1.29, 1.82) is 0 Å². The third kappa shape index (κ3) is 3.76. The molecule has 5 rings (SSSR count). The summed E-state index contributed by atoms with van der Waals surface area (Å²) in [6, 6.07) is 11.5. The lowest BCUT2D eigenvalue weighted by atomic mass is 10.1. The minimum absolute atomic E-state index is 0.203. The van der Waals surface area contributed by atoms with E-state index in [1.165, 1.54) is 33.5 Å². The van der Waals surface area contributed by atoms with Crippen molar-refractivity contribution in [2.75, 3.05) is 7.11 Å². The van der Waals surface area contributed by atoms with E-state index in [1.807, 2.05) is 35.9 Å². The van der Waals surface area contributed by atoms with Crippen LogP contribution in [0.25, 0.3) is 11.4 Å². The van der Waals surface area contributed by atoms with Gasteiger partial charge in [-0.05, 0) is 91.4 Å². The summed E-state index contributed by atoms with van der Waals surface area (Å²) in [5.41, 5.74) is 6.66. The van der Waals surface area contributed by atoms with Crippen LogP contribution in [0, 0.1) is 20.8 Å². The van der Waals surface area contributed by atoms with Crippen molar-refractivity contribution < 1.29 is 9.47 Å². The van der Waals surface area contributed by atoms with Crippen molar-refractivity contribution >= 4 is 0 Å². The molecule has 176 valence electrons. The summed E-state index contributed by atoms with van der Waals surface area (Å²) in [7, 11) is 3.15. The quantitative estimate of drug-likeness (QED) is 0.419. The third-order valence-corrected chi connectivity index (χ3v) is 6.39. The number of benzene rings is 2. The second-order valence-corrected chi connectivity index (χ2v) is 8.76. The fourth-order valence-corrected chi connectivity index (χ4v) is 4.50. The second kappa shape index (κ2) is 8.48. The number of rotatable bonds is 7. The smallest absolute Gasteiger partial charge is 0.368 e. The van der Waals surface area contributed by atoms with Crippen molar-refractivity contribution in [2.24, 2.45) is 7.05 Å². The third-order valence-electron chi connectivity index (χ3n) is 6.39. The van der Waals surface area contributed by atoms with E-state index >= 15 is 0 Å². The first-order valence-electron chi connectivity index (χ1n) is 11.3. The molecular formula is C25H28N6O3. The van der Waals surface area contributed by atoms with Gasteiger partial charge in [-0.2, -0.15) is 14.5 Å². The molecule has 0 radical (unpaired) electrons. The molecule has 9 nitrogen and oxygen atoms in total. The SMILES string of the molecule is COc1cccc(-n2nnn(C)c2=O)c1COc1ccc(-n2nc(C)c(C3CC3)c2C)cc1C. The number of tetrazole rings is 1. The first kappa shape index (κ1) is 21.9. The Hall–Kier alpha value is -3.88. The summed E-state index contributed by atoms with van der Waals surface area (Å²) in [5.74, 6) is 2.02. The molecule has 1 aliphatic rings. The van der Waals surface area contributed by atoms with Crippen LogP contribution in [0.15, 0.2) is 41.2 Å². The predicted octanol–water partition coefficient (Wildman–Crippen LogP) is 3.54. The molecule has 2 aromatic carbocycles. The van der Waals surface area contributed by atoms with Crippen LogP contribution in [0.2, 0.25) is 0 Å². The van der Waals surface area contributed by atoms with E-state index in [0.717, 1.165) is 22.7 Å².